The smallest absolute Gasteiger partial charge is 0.224 e. The maximum absolute atomic E-state index is 12.3. The van der Waals surface area contributed by atoms with Crippen LogP contribution in [0.25, 0.3) is 11.3 Å². The van der Waals surface area contributed by atoms with Crippen molar-refractivity contribution in [2.45, 2.75) is 70.4 Å². The highest BCUT2D eigenvalue weighted by Crippen LogP contribution is 2.26. The Morgan fingerprint density at radius 1 is 0.944 bits per heavy atom. The van der Waals surface area contributed by atoms with Crippen LogP contribution in [0.3, 0.4) is 0 Å². The number of aromatic nitrogens is 3. The van der Waals surface area contributed by atoms with Gasteiger partial charge in [-0.25, -0.2) is 4.98 Å². The molecule has 0 aromatic carbocycles. The van der Waals surface area contributed by atoms with E-state index in [1.807, 2.05) is 12.4 Å². The van der Waals surface area contributed by atoms with E-state index in [1.54, 1.807) is 0 Å². The summed E-state index contributed by atoms with van der Waals surface area (Å²) in [7, 11) is 0. The lowest BCUT2D eigenvalue weighted by Gasteiger charge is -2.26. The van der Waals surface area contributed by atoms with Gasteiger partial charge in [0.1, 0.15) is 11.6 Å². The molecule has 4 N–H and O–H groups in total. The quantitative estimate of drug-likeness (QED) is 0.587. The van der Waals surface area contributed by atoms with Gasteiger partial charge in [-0.3, -0.25) is 14.7 Å². The highest BCUT2D eigenvalue weighted by atomic mass is 16.5. The van der Waals surface area contributed by atoms with Crippen molar-refractivity contribution in [2.24, 2.45) is 5.73 Å². The van der Waals surface area contributed by atoms with E-state index < -0.39 is 0 Å². The molecule has 36 heavy (non-hydrogen) atoms. The fourth-order valence-electron chi connectivity index (χ4n) is 4.68. The zero-order chi connectivity index (χ0) is 25.0. The summed E-state index contributed by atoms with van der Waals surface area (Å²) in [6.07, 6.45) is 12.3. The second-order valence-electron chi connectivity index (χ2n) is 9.84. The lowest BCUT2D eigenvalue weighted by molar-refractivity contribution is -0.120. The average Bonchev–Trinajstić information content (AvgIpc) is 2.90. The molecule has 4 rings (SSSR count). The van der Waals surface area contributed by atoms with Crippen LogP contribution in [-0.2, 0) is 16.1 Å². The van der Waals surface area contributed by atoms with Crippen molar-refractivity contribution in [3.8, 4) is 11.3 Å². The lowest BCUT2D eigenvalue weighted by atomic mass is 10.0. The van der Waals surface area contributed by atoms with E-state index in [1.165, 1.54) is 5.56 Å². The van der Waals surface area contributed by atoms with Gasteiger partial charge in [0.05, 0.1) is 30.5 Å². The van der Waals surface area contributed by atoms with E-state index in [0.717, 1.165) is 114 Å². The second-order valence-corrected chi connectivity index (χ2v) is 9.84. The molecule has 196 valence electrons. The van der Waals surface area contributed by atoms with E-state index in [9.17, 15) is 4.79 Å². The fourth-order valence-corrected chi connectivity index (χ4v) is 4.68. The predicted octanol–water partition coefficient (Wildman–Crippen LogP) is 3.62. The van der Waals surface area contributed by atoms with Crippen LogP contribution in [0.4, 0.5) is 11.8 Å². The monoisotopic (exact) mass is 495 g/mol. The van der Waals surface area contributed by atoms with Gasteiger partial charge in [-0.1, -0.05) is 25.3 Å². The molecule has 1 saturated heterocycles. The molecule has 0 spiro atoms. The summed E-state index contributed by atoms with van der Waals surface area (Å²) in [5.74, 6) is 1.62. The number of pyridine rings is 1. The van der Waals surface area contributed by atoms with E-state index in [4.69, 9.17) is 20.4 Å². The van der Waals surface area contributed by atoms with Crippen molar-refractivity contribution in [1.29, 1.82) is 0 Å². The molecule has 0 aliphatic carbocycles. The Balaban J connectivity index is 1.43. The molecule has 0 amide bonds. The minimum atomic E-state index is -0.338. The molecular weight excluding hydrogens is 454 g/mol. The summed E-state index contributed by atoms with van der Waals surface area (Å²) in [5.41, 5.74) is 9.06. The van der Waals surface area contributed by atoms with E-state index in [-0.39, 0.29) is 11.8 Å². The van der Waals surface area contributed by atoms with Crippen LogP contribution >= 0.6 is 0 Å². The molecule has 0 saturated carbocycles. The van der Waals surface area contributed by atoms with Crippen LogP contribution in [0.15, 0.2) is 24.5 Å². The molecule has 2 aromatic heterocycles. The maximum atomic E-state index is 12.3. The van der Waals surface area contributed by atoms with Crippen LogP contribution < -0.4 is 16.4 Å². The number of rotatable bonds is 3. The molecule has 0 radical (unpaired) electrons. The first-order valence-corrected chi connectivity index (χ1v) is 13.6. The standard InChI is InChI=1S/C27H41N7O2/c28-23-8-5-7-12-29-26-22(24-11-10-21(18-31-24)20-34-14-16-36-17-15-34)19-32-27(33-26)30-13-6-3-1-2-4-9-25(23)35/h10-11,18-19,23H,1-9,12-17,20,28H2,(H2,29,30,32,33)/t23-/m0/s1. The Kier molecular flexibility index (Phi) is 10.4. The number of carbonyl (C=O) groups excluding carboxylic acids is 1. The van der Waals surface area contributed by atoms with Crippen molar-refractivity contribution >= 4 is 17.5 Å². The van der Waals surface area contributed by atoms with Gasteiger partial charge >= 0.3 is 0 Å². The van der Waals surface area contributed by atoms with E-state index in [0.29, 0.717) is 12.4 Å². The van der Waals surface area contributed by atoms with Crippen molar-refractivity contribution in [1.82, 2.24) is 19.9 Å². The average molecular weight is 496 g/mol. The molecule has 0 unspecified atom stereocenters. The van der Waals surface area contributed by atoms with E-state index >= 15 is 0 Å². The number of nitrogens with zero attached hydrogens (tertiary/aromatic N) is 4. The normalized spacial score (nSPS) is 21.6. The van der Waals surface area contributed by atoms with Crippen molar-refractivity contribution in [3.05, 3.63) is 30.1 Å². The van der Waals surface area contributed by atoms with Crippen LogP contribution in [0.2, 0.25) is 0 Å². The Morgan fingerprint density at radius 3 is 2.56 bits per heavy atom. The van der Waals surface area contributed by atoms with Gasteiger partial charge in [0.2, 0.25) is 5.95 Å². The van der Waals surface area contributed by atoms with Crippen LogP contribution in [0.5, 0.6) is 0 Å². The number of anilines is 2. The number of nitrogens with two attached hydrogens (primary N) is 1. The largest absolute Gasteiger partial charge is 0.379 e. The number of hydrogen-bond donors (Lipinski definition) is 3. The number of nitrogens with one attached hydrogen (secondary N) is 2. The van der Waals surface area contributed by atoms with Gasteiger partial charge in [0.15, 0.2) is 0 Å². The third-order valence-electron chi connectivity index (χ3n) is 6.93. The number of morpholine rings is 1. The first-order chi connectivity index (χ1) is 17.7. The Morgan fingerprint density at radius 2 is 1.72 bits per heavy atom. The SMILES string of the molecule is N[C@H]1CCCCNc2nc(ncc2-c2ccc(CN3CCOCC3)cn2)NCCCCCCCC1=O. The first kappa shape index (κ1) is 26.4. The van der Waals surface area contributed by atoms with E-state index in [2.05, 4.69) is 32.7 Å². The summed E-state index contributed by atoms with van der Waals surface area (Å²) in [4.78, 5) is 28.8. The molecule has 4 heterocycles. The summed E-state index contributed by atoms with van der Waals surface area (Å²) >= 11 is 0. The summed E-state index contributed by atoms with van der Waals surface area (Å²) in [6, 6.07) is 3.85. The maximum Gasteiger partial charge on any atom is 0.224 e. The molecule has 2 aliphatic heterocycles. The Labute approximate surface area is 214 Å². The number of Topliss-reactive ketones (excluding diaryl/α,β-unsaturated/α-hetero) is 1. The molecule has 2 aliphatic rings. The zero-order valence-corrected chi connectivity index (χ0v) is 21.4. The van der Waals surface area contributed by atoms with Gasteiger partial charge in [-0.05, 0) is 43.7 Å². The van der Waals surface area contributed by atoms with Gasteiger partial charge in [0.25, 0.3) is 0 Å². The fraction of sp³-hybridized carbons (Fsp3) is 0.630. The third-order valence-corrected chi connectivity index (χ3v) is 6.93. The minimum Gasteiger partial charge on any atom is -0.379 e. The van der Waals surface area contributed by atoms with Crippen molar-refractivity contribution < 1.29 is 9.53 Å². The van der Waals surface area contributed by atoms with Gasteiger partial charge in [0, 0.05) is 51.5 Å². The number of hydrogen-bond acceptors (Lipinski definition) is 9. The predicted molar refractivity (Wildman–Crippen MR) is 143 cm³/mol. The molecule has 9 nitrogen and oxygen atoms in total. The molecule has 2 bridgehead atoms. The molecule has 2 aromatic rings. The second kappa shape index (κ2) is 14.2. The van der Waals surface area contributed by atoms with Crippen LogP contribution in [0.1, 0.15) is 63.4 Å². The highest BCUT2D eigenvalue weighted by molar-refractivity contribution is 5.83. The van der Waals surface area contributed by atoms with Crippen LogP contribution in [0, 0.1) is 0 Å². The van der Waals surface area contributed by atoms with Crippen molar-refractivity contribution in [2.75, 3.05) is 50.0 Å². The Hall–Kier alpha value is -2.62. The topological polar surface area (TPSA) is 118 Å². The molecular formula is C27H41N7O2. The summed E-state index contributed by atoms with van der Waals surface area (Å²) in [5, 5.41) is 6.85. The third kappa shape index (κ3) is 8.21. The zero-order valence-electron chi connectivity index (χ0n) is 21.4. The van der Waals surface area contributed by atoms with Gasteiger partial charge in [-0.2, -0.15) is 4.98 Å². The highest BCUT2D eigenvalue weighted by Gasteiger charge is 2.15. The molecule has 9 heteroatoms. The number of carbonyl (C=O) groups is 1. The number of ketones is 1. The lowest BCUT2D eigenvalue weighted by Crippen LogP contribution is -2.35. The number of fused-ring (bicyclic) bond motifs is 2. The minimum absolute atomic E-state index is 0.205. The summed E-state index contributed by atoms with van der Waals surface area (Å²) in [6.45, 7) is 5.96. The Bertz CT molecular complexity index is 948. The number of ether oxygens (including phenoxy) is 1. The van der Waals surface area contributed by atoms with Crippen molar-refractivity contribution in [3.63, 3.8) is 0 Å². The molecule has 1 fully saturated rings. The van der Waals surface area contributed by atoms with Gasteiger partial charge in [-0.15, -0.1) is 0 Å². The first-order valence-electron chi connectivity index (χ1n) is 13.6. The summed E-state index contributed by atoms with van der Waals surface area (Å²) < 4.78 is 5.45. The molecule has 1 atom stereocenters. The van der Waals surface area contributed by atoms with Crippen LogP contribution in [-0.4, -0.2) is 71.1 Å². The van der Waals surface area contributed by atoms with Gasteiger partial charge < -0.3 is 21.1 Å².